The minimum Gasteiger partial charge on any atom is -0.491 e. The minimum atomic E-state index is -0.454. The van der Waals surface area contributed by atoms with Gasteiger partial charge < -0.3 is 15.2 Å². The van der Waals surface area contributed by atoms with Crippen LogP contribution in [0, 0.1) is 0 Å². The van der Waals surface area contributed by atoms with E-state index < -0.39 is 6.10 Å². The Morgan fingerprint density at radius 2 is 2.08 bits per heavy atom. The van der Waals surface area contributed by atoms with E-state index in [0.717, 1.165) is 5.75 Å². The SMILES string of the molecule is CNC[C@H](O)COc1ccccc1. The molecule has 0 aliphatic heterocycles. The van der Waals surface area contributed by atoms with Crippen molar-refractivity contribution in [3.05, 3.63) is 30.3 Å². The third-order valence-electron chi connectivity index (χ3n) is 1.63. The second kappa shape index (κ2) is 5.56. The largest absolute Gasteiger partial charge is 0.491 e. The van der Waals surface area contributed by atoms with Crippen molar-refractivity contribution in [2.75, 3.05) is 20.2 Å². The molecule has 0 saturated carbocycles. The van der Waals surface area contributed by atoms with E-state index >= 15 is 0 Å². The zero-order valence-electron chi connectivity index (χ0n) is 7.73. The first-order valence-electron chi connectivity index (χ1n) is 4.33. The number of hydrogen-bond donors (Lipinski definition) is 2. The van der Waals surface area contributed by atoms with E-state index in [2.05, 4.69) is 5.32 Å². The van der Waals surface area contributed by atoms with Crippen LogP contribution in [0.25, 0.3) is 0 Å². The Hall–Kier alpha value is -1.06. The molecule has 0 radical (unpaired) electrons. The summed E-state index contributed by atoms with van der Waals surface area (Å²) in [5, 5.41) is 12.2. The van der Waals surface area contributed by atoms with Gasteiger partial charge in [0.2, 0.25) is 0 Å². The lowest BCUT2D eigenvalue weighted by molar-refractivity contribution is 0.108. The molecule has 1 aromatic rings. The van der Waals surface area contributed by atoms with Gasteiger partial charge in [-0.2, -0.15) is 0 Å². The second-order valence-corrected chi connectivity index (χ2v) is 2.84. The van der Waals surface area contributed by atoms with Gasteiger partial charge >= 0.3 is 0 Å². The number of para-hydroxylation sites is 1. The summed E-state index contributed by atoms with van der Waals surface area (Å²) in [7, 11) is 1.80. The number of rotatable bonds is 5. The number of ether oxygens (including phenoxy) is 1. The van der Waals surface area contributed by atoms with Gasteiger partial charge in [0.25, 0.3) is 0 Å². The van der Waals surface area contributed by atoms with E-state index in [1.54, 1.807) is 7.05 Å². The molecule has 0 bridgehead atoms. The summed E-state index contributed by atoms with van der Waals surface area (Å²) in [4.78, 5) is 0. The van der Waals surface area contributed by atoms with Crippen LogP contribution in [0.1, 0.15) is 0 Å². The first-order chi connectivity index (χ1) is 6.33. The fourth-order valence-electron chi connectivity index (χ4n) is 1.00. The lowest BCUT2D eigenvalue weighted by atomic mass is 10.3. The van der Waals surface area contributed by atoms with E-state index in [0.29, 0.717) is 13.2 Å². The van der Waals surface area contributed by atoms with Gasteiger partial charge in [0.05, 0.1) is 0 Å². The van der Waals surface area contributed by atoms with Crippen LogP contribution in [0.5, 0.6) is 5.75 Å². The topological polar surface area (TPSA) is 41.5 Å². The predicted octanol–water partition coefficient (Wildman–Crippen LogP) is 0.646. The van der Waals surface area contributed by atoms with Gasteiger partial charge in [-0.05, 0) is 19.2 Å². The van der Waals surface area contributed by atoms with Gasteiger partial charge in [-0.25, -0.2) is 0 Å². The van der Waals surface area contributed by atoms with Crippen molar-refractivity contribution < 1.29 is 9.84 Å². The Balaban J connectivity index is 2.27. The molecular weight excluding hydrogens is 166 g/mol. The van der Waals surface area contributed by atoms with Crippen LogP contribution in [0.3, 0.4) is 0 Å². The second-order valence-electron chi connectivity index (χ2n) is 2.84. The normalized spacial score (nSPS) is 12.5. The molecule has 0 spiro atoms. The Morgan fingerprint density at radius 1 is 1.38 bits per heavy atom. The van der Waals surface area contributed by atoms with E-state index in [-0.39, 0.29) is 0 Å². The van der Waals surface area contributed by atoms with Crippen molar-refractivity contribution >= 4 is 0 Å². The van der Waals surface area contributed by atoms with Crippen molar-refractivity contribution in [2.24, 2.45) is 0 Å². The van der Waals surface area contributed by atoms with E-state index in [9.17, 15) is 5.11 Å². The fourth-order valence-corrected chi connectivity index (χ4v) is 1.00. The van der Waals surface area contributed by atoms with Crippen LogP contribution in [-0.4, -0.2) is 31.4 Å². The number of hydrogen-bond acceptors (Lipinski definition) is 3. The van der Waals surface area contributed by atoms with Gasteiger partial charge in [-0.3, -0.25) is 0 Å². The molecule has 1 aromatic carbocycles. The molecule has 3 heteroatoms. The Labute approximate surface area is 78.3 Å². The molecule has 1 rings (SSSR count). The summed E-state index contributed by atoms with van der Waals surface area (Å²) in [6, 6.07) is 9.47. The van der Waals surface area contributed by atoms with Crippen molar-refractivity contribution in [1.82, 2.24) is 5.32 Å². The molecule has 0 heterocycles. The zero-order valence-corrected chi connectivity index (χ0v) is 7.73. The summed E-state index contributed by atoms with van der Waals surface area (Å²) in [5.74, 6) is 0.789. The van der Waals surface area contributed by atoms with Crippen LogP contribution < -0.4 is 10.1 Å². The summed E-state index contributed by atoms with van der Waals surface area (Å²) in [6.45, 7) is 0.873. The van der Waals surface area contributed by atoms with Gasteiger partial charge in [-0.15, -0.1) is 0 Å². The average Bonchev–Trinajstić information content (AvgIpc) is 2.17. The maximum atomic E-state index is 9.32. The van der Waals surface area contributed by atoms with Gasteiger partial charge in [0.15, 0.2) is 0 Å². The molecule has 2 N–H and O–H groups in total. The highest BCUT2D eigenvalue weighted by atomic mass is 16.5. The molecule has 0 amide bonds. The van der Waals surface area contributed by atoms with E-state index in [1.807, 2.05) is 30.3 Å². The molecule has 0 aromatic heterocycles. The van der Waals surface area contributed by atoms with Crippen molar-refractivity contribution in [3.8, 4) is 5.75 Å². The number of aliphatic hydroxyl groups is 1. The molecule has 1 atom stereocenters. The van der Waals surface area contributed by atoms with E-state index in [1.165, 1.54) is 0 Å². The first-order valence-corrected chi connectivity index (χ1v) is 4.33. The highest BCUT2D eigenvalue weighted by molar-refractivity contribution is 5.20. The first kappa shape index (κ1) is 10.0. The Kier molecular flexibility index (Phi) is 4.29. The predicted molar refractivity (Wildman–Crippen MR) is 51.9 cm³/mol. The lowest BCUT2D eigenvalue weighted by Crippen LogP contribution is -2.29. The summed E-state index contributed by atoms with van der Waals surface area (Å²) in [6.07, 6.45) is -0.454. The lowest BCUT2D eigenvalue weighted by Gasteiger charge is -2.11. The van der Waals surface area contributed by atoms with Crippen LogP contribution in [0.2, 0.25) is 0 Å². The van der Waals surface area contributed by atoms with Crippen molar-refractivity contribution in [3.63, 3.8) is 0 Å². The summed E-state index contributed by atoms with van der Waals surface area (Å²) < 4.78 is 5.33. The molecule has 0 unspecified atom stereocenters. The molecule has 3 nitrogen and oxygen atoms in total. The highest BCUT2D eigenvalue weighted by Gasteiger charge is 2.02. The summed E-state index contributed by atoms with van der Waals surface area (Å²) >= 11 is 0. The van der Waals surface area contributed by atoms with E-state index in [4.69, 9.17) is 4.74 Å². The monoisotopic (exact) mass is 181 g/mol. The minimum absolute atomic E-state index is 0.324. The van der Waals surface area contributed by atoms with Crippen LogP contribution in [0.15, 0.2) is 30.3 Å². The number of nitrogens with one attached hydrogen (secondary N) is 1. The molecule has 0 saturated heterocycles. The van der Waals surface area contributed by atoms with Gasteiger partial charge in [0.1, 0.15) is 18.5 Å². The highest BCUT2D eigenvalue weighted by Crippen LogP contribution is 2.08. The fraction of sp³-hybridized carbons (Fsp3) is 0.400. The standard InChI is InChI=1S/C10H15NO2/c1-11-7-9(12)8-13-10-5-3-2-4-6-10/h2-6,9,11-12H,7-8H2,1H3/t9-/m0/s1. The number of aliphatic hydroxyl groups excluding tert-OH is 1. The third-order valence-corrected chi connectivity index (χ3v) is 1.63. The number of benzene rings is 1. The van der Waals surface area contributed by atoms with Gasteiger partial charge in [-0.1, -0.05) is 18.2 Å². The Bertz CT molecular complexity index is 226. The molecule has 0 aliphatic carbocycles. The Morgan fingerprint density at radius 3 is 2.69 bits per heavy atom. The average molecular weight is 181 g/mol. The van der Waals surface area contributed by atoms with Gasteiger partial charge in [0, 0.05) is 6.54 Å². The van der Waals surface area contributed by atoms with Crippen molar-refractivity contribution in [2.45, 2.75) is 6.10 Å². The third kappa shape index (κ3) is 3.92. The zero-order chi connectivity index (χ0) is 9.52. The van der Waals surface area contributed by atoms with Crippen molar-refractivity contribution in [1.29, 1.82) is 0 Å². The van der Waals surface area contributed by atoms with Crippen LogP contribution >= 0.6 is 0 Å². The van der Waals surface area contributed by atoms with Crippen LogP contribution in [0.4, 0.5) is 0 Å². The molecule has 72 valence electrons. The smallest absolute Gasteiger partial charge is 0.119 e. The molecule has 13 heavy (non-hydrogen) atoms. The summed E-state index contributed by atoms with van der Waals surface area (Å²) in [5.41, 5.74) is 0. The number of likely N-dealkylation sites (N-methyl/N-ethyl adjacent to an activating group) is 1. The molecule has 0 aliphatic rings. The van der Waals surface area contributed by atoms with Crippen LogP contribution in [-0.2, 0) is 0 Å². The molecular formula is C10H15NO2. The maximum absolute atomic E-state index is 9.32. The molecule has 0 fully saturated rings. The quantitative estimate of drug-likeness (QED) is 0.700. The maximum Gasteiger partial charge on any atom is 0.119 e.